The van der Waals surface area contributed by atoms with E-state index in [2.05, 4.69) is 29.5 Å². The van der Waals surface area contributed by atoms with Gasteiger partial charge in [0.2, 0.25) is 11.8 Å². The van der Waals surface area contributed by atoms with Crippen LogP contribution in [-0.2, 0) is 26.3 Å². The number of pyridine rings is 1. The first kappa shape index (κ1) is 32.9. The van der Waals surface area contributed by atoms with Gasteiger partial charge in [-0.2, -0.15) is 0 Å². The number of aromatic nitrogens is 1. The predicted molar refractivity (Wildman–Crippen MR) is 178 cm³/mol. The first-order valence-corrected chi connectivity index (χ1v) is 16.5. The molecule has 1 aliphatic carbocycles. The molecule has 2 N–H and O–H groups in total. The van der Waals surface area contributed by atoms with E-state index in [0.29, 0.717) is 43.1 Å². The van der Waals surface area contributed by atoms with Crippen molar-refractivity contribution in [3.05, 3.63) is 89.2 Å². The van der Waals surface area contributed by atoms with Gasteiger partial charge in [-0.3, -0.25) is 24.2 Å². The summed E-state index contributed by atoms with van der Waals surface area (Å²) in [5, 5.41) is 6.16. The fourth-order valence-electron chi connectivity index (χ4n) is 6.61. The maximum absolute atomic E-state index is 14.3. The first-order valence-electron chi connectivity index (χ1n) is 16.5. The van der Waals surface area contributed by atoms with Crippen molar-refractivity contribution in [2.24, 2.45) is 5.92 Å². The minimum Gasteiger partial charge on any atom is -0.352 e. The van der Waals surface area contributed by atoms with E-state index in [1.807, 2.05) is 67.6 Å². The van der Waals surface area contributed by atoms with Crippen LogP contribution in [0.2, 0.25) is 0 Å². The van der Waals surface area contributed by atoms with Gasteiger partial charge in [0, 0.05) is 38.8 Å². The summed E-state index contributed by atoms with van der Waals surface area (Å²) in [6.45, 7) is 7.07. The second-order valence-electron chi connectivity index (χ2n) is 12.8. The number of amides is 4. The Morgan fingerprint density at radius 3 is 2.50 bits per heavy atom. The van der Waals surface area contributed by atoms with Crippen molar-refractivity contribution in [1.29, 1.82) is 0 Å². The van der Waals surface area contributed by atoms with E-state index in [0.717, 1.165) is 41.5 Å². The molecule has 3 aromatic rings. The number of fused-ring (bicyclic) bond motifs is 2. The molecule has 1 aliphatic heterocycles. The van der Waals surface area contributed by atoms with Crippen LogP contribution in [0.25, 0.3) is 11.1 Å². The van der Waals surface area contributed by atoms with Crippen molar-refractivity contribution < 1.29 is 19.2 Å². The summed E-state index contributed by atoms with van der Waals surface area (Å²) in [7, 11) is 0. The molecule has 0 bridgehead atoms. The topological polar surface area (TPSA) is 112 Å². The summed E-state index contributed by atoms with van der Waals surface area (Å²) in [6, 6.07) is 19.3. The number of aryl methyl sites for hydroxylation is 2. The van der Waals surface area contributed by atoms with E-state index in [1.165, 1.54) is 0 Å². The summed E-state index contributed by atoms with van der Waals surface area (Å²) in [6.07, 6.45) is 5.07. The Hall–Kier alpha value is -4.53. The largest absolute Gasteiger partial charge is 0.352 e. The van der Waals surface area contributed by atoms with Gasteiger partial charge in [0.25, 0.3) is 11.8 Å². The minimum atomic E-state index is -1.27. The summed E-state index contributed by atoms with van der Waals surface area (Å²) >= 11 is 0. The lowest BCUT2D eigenvalue weighted by molar-refractivity contribution is -0.139. The quantitative estimate of drug-likeness (QED) is 0.431. The number of hydrogen-bond acceptors (Lipinski definition) is 5. The number of rotatable bonds is 5. The predicted octanol–water partition coefficient (Wildman–Crippen LogP) is 4.63. The highest BCUT2D eigenvalue weighted by atomic mass is 16.2. The first-order chi connectivity index (χ1) is 22.2. The number of carbonyl (C=O) groups is 4. The highest BCUT2D eigenvalue weighted by molar-refractivity contribution is 6.02. The van der Waals surface area contributed by atoms with E-state index >= 15 is 0 Å². The van der Waals surface area contributed by atoms with Crippen molar-refractivity contribution in [2.75, 3.05) is 32.7 Å². The van der Waals surface area contributed by atoms with Gasteiger partial charge < -0.3 is 20.4 Å². The van der Waals surface area contributed by atoms with E-state index in [-0.39, 0.29) is 49.7 Å². The monoisotopic (exact) mass is 623 g/mol. The third-order valence-corrected chi connectivity index (χ3v) is 9.09. The van der Waals surface area contributed by atoms with Crippen LogP contribution in [0.3, 0.4) is 0 Å². The van der Waals surface area contributed by atoms with Gasteiger partial charge >= 0.3 is 0 Å². The van der Waals surface area contributed by atoms with Crippen molar-refractivity contribution in [3.8, 4) is 11.1 Å². The molecule has 2 aliphatic rings. The van der Waals surface area contributed by atoms with Crippen molar-refractivity contribution in [1.82, 2.24) is 25.4 Å². The Morgan fingerprint density at radius 2 is 1.72 bits per heavy atom. The summed E-state index contributed by atoms with van der Waals surface area (Å²) < 4.78 is 0. The zero-order chi connectivity index (χ0) is 32.7. The lowest BCUT2D eigenvalue weighted by Gasteiger charge is -2.39. The Labute approximate surface area is 271 Å². The number of nitrogens with zero attached hydrogens (tertiary/aromatic N) is 3. The zero-order valence-corrected chi connectivity index (χ0v) is 27.2. The summed E-state index contributed by atoms with van der Waals surface area (Å²) in [5.41, 5.74) is 3.37. The molecule has 9 nitrogen and oxygen atoms in total. The second kappa shape index (κ2) is 14.7. The van der Waals surface area contributed by atoms with Gasteiger partial charge in [0.1, 0.15) is 5.54 Å². The highest BCUT2D eigenvalue weighted by Crippen LogP contribution is 2.36. The molecule has 1 spiro atoms. The molecule has 1 fully saturated rings. The fraction of sp³-hybridized carbons (Fsp3) is 0.432. The van der Waals surface area contributed by atoms with Crippen LogP contribution in [-0.4, -0.2) is 71.1 Å². The SMILES string of the molecule is Cc1nccc(-c2ccccc2)c1C(=O)N1CCCC(=O)N(CCC(C)C)CC(=O)NC2(CCCc3ccccc32)C(=O)NCC1. The molecule has 0 radical (unpaired) electrons. The lowest BCUT2D eigenvalue weighted by atomic mass is 9.75. The maximum atomic E-state index is 14.3. The molecule has 46 heavy (non-hydrogen) atoms. The molecular formula is C37H45N5O4. The molecule has 4 amide bonds. The van der Waals surface area contributed by atoms with Crippen molar-refractivity contribution in [2.45, 2.75) is 64.8 Å². The van der Waals surface area contributed by atoms with Gasteiger partial charge in [-0.05, 0) is 73.3 Å². The van der Waals surface area contributed by atoms with Crippen LogP contribution in [0.1, 0.15) is 73.1 Å². The van der Waals surface area contributed by atoms with E-state index in [1.54, 1.807) is 16.0 Å². The Kier molecular flexibility index (Phi) is 10.5. The molecule has 9 heteroatoms. The van der Waals surface area contributed by atoms with Crippen LogP contribution >= 0.6 is 0 Å². The van der Waals surface area contributed by atoms with Gasteiger partial charge in [-0.25, -0.2) is 0 Å². The van der Waals surface area contributed by atoms with Gasteiger partial charge in [0.05, 0.1) is 17.8 Å². The highest BCUT2D eigenvalue weighted by Gasteiger charge is 2.45. The molecule has 0 saturated carbocycles. The van der Waals surface area contributed by atoms with E-state index < -0.39 is 5.54 Å². The molecule has 1 unspecified atom stereocenters. The van der Waals surface area contributed by atoms with E-state index in [9.17, 15) is 19.2 Å². The van der Waals surface area contributed by atoms with E-state index in [4.69, 9.17) is 0 Å². The number of hydrogen-bond donors (Lipinski definition) is 2. The molecule has 1 aromatic heterocycles. The molecule has 1 atom stereocenters. The lowest BCUT2D eigenvalue weighted by Crippen LogP contribution is -2.60. The van der Waals surface area contributed by atoms with Crippen LogP contribution in [0.4, 0.5) is 0 Å². The summed E-state index contributed by atoms with van der Waals surface area (Å²) in [4.78, 5) is 63.4. The molecule has 5 rings (SSSR count). The third-order valence-electron chi connectivity index (χ3n) is 9.09. The molecule has 2 aromatic carbocycles. The number of nitrogens with one attached hydrogen (secondary N) is 2. The fourth-order valence-corrected chi connectivity index (χ4v) is 6.61. The van der Waals surface area contributed by atoms with Crippen LogP contribution in [0.15, 0.2) is 66.9 Å². The molecular weight excluding hydrogens is 578 g/mol. The Morgan fingerprint density at radius 1 is 0.957 bits per heavy atom. The van der Waals surface area contributed by atoms with Gasteiger partial charge in [0.15, 0.2) is 0 Å². The Balaban J connectivity index is 1.48. The third kappa shape index (κ3) is 7.30. The van der Waals surface area contributed by atoms with Gasteiger partial charge in [-0.15, -0.1) is 0 Å². The van der Waals surface area contributed by atoms with Crippen molar-refractivity contribution >= 4 is 23.6 Å². The number of benzene rings is 2. The smallest absolute Gasteiger partial charge is 0.256 e. The average molecular weight is 624 g/mol. The normalized spacial score (nSPS) is 19.8. The minimum absolute atomic E-state index is 0.124. The van der Waals surface area contributed by atoms with Crippen LogP contribution in [0, 0.1) is 12.8 Å². The average Bonchev–Trinajstić information content (AvgIpc) is 3.05. The maximum Gasteiger partial charge on any atom is 0.256 e. The summed E-state index contributed by atoms with van der Waals surface area (Å²) in [5.74, 6) is -0.634. The number of carbonyl (C=O) groups excluding carboxylic acids is 4. The standard InChI is InChI=1S/C37H45N5O4/c1-26(2)18-23-42-25-32(43)40-37(19-9-14-29-13-7-8-15-31(29)37)36(46)39-21-24-41(22-10-16-33(42)44)35(45)34-27(3)38-20-17-30(34)28-11-5-4-6-12-28/h4-8,11-13,15,17,20,26H,9-10,14,16,18-19,21-25H2,1-3H3,(H,39,46)(H,40,43). The Bertz CT molecular complexity index is 1570. The van der Waals surface area contributed by atoms with Crippen LogP contribution in [0.5, 0.6) is 0 Å². The molecule has 2 heterocycles. The molecule has 1 saturated heterocycles. The zero-order valence-electron chi connectivity index (χ0n) is 27.2. The second-order valence-corrected chi connectivity index (χ2v) is 12.8. The molecule has 242 valence electrons. The van der Waals surface area contributed by atoms with Gasteiger partial charge in [-0.1, -0.05) is 68.4 Å². The van der Waals surface area contributed by atoms with Crippen LogP contribution < -0.4 is 10.6 Å². The van der Waals surface area contributed by atoms with Crippen molar-refractivity contribution in [3.63, 3.8) is 0 Å².